The predicted molar refractivity (Wildman–Crippen MR) is 148 cm³/mol. The van der Waals surface area contributed by atoms with E-state index in [1.165, 1.54) is 11.6 Å². The van der Waals surface area contributed by atoms with E-state index >= 15 is 0 Å². The fraction of sp³-hybridized carbons (Fsp3) is 0.464. The predicted octanol–water partition coefficient (Wildman–Crippen LogP) is 2.55. The molecule has 3 aromatic rings. The first kappa shape index (κ1) is 27.3. The summed E-state index contributed by atoms with van der Waals surface area (Å²) in [5.41, 5.74) is 10.8. The van der Waals surface area contributed by atoms with Crippen LogP contribution in [0.3, 0.4) is 0 Å². The third kappa shape index (κ3) is 5.85. The molecular formula is C28H35N5O5S. The van der Waals surface area contributed by atoms with Gasteiger partial charge in [0, 0.05) is 35.1 Å². The normalized spacial score (nSPS) is 17.5. The molecule has 0 radical (unpaired) electrons. The van der Waals surface area contributed by atoms with E-state index in [1.807, 2.05) is 18.2 Å². The third-order valence-electron chi connectivity index (χ3n) is 7.53. The molecule has 0 fully saturated rings. The number of nitrogen functional groups attached to an aromatic ring is 1. The number of benzene rings is 1. The Morgan fingerprint density at radius 3 is 2.79 bits per heavy atom. The van der Waals surface area contributed by atoms with Crippen LogP contribution in [-0.2, 0) is 29.2 Å². The number of aliphatic hydroxyl groups excluding tert-OH is 2. The van der Waals surface area contributed by atoms with Gasteiger partial charge < -0.3 is 25.6 Å². The minimum absolute atomic E-state index is 0.0896. The first-order valence-electron chi connectivity index (χ1n) is 13.2. The minimum Gasteiger partial charge on any atom is -0.491 e. The lowest BCUT2D eigenvalue weighted by Crippen LogP contribution is -2.31. The number of nitrogens with zero attached hydrogens (tertiary/aromatic N) is 4. The van der Waals surface area contributed by atoms with E-state index in [9.17, 15) is 13.5 Å². The van der Waals surface area contributed by atoms with Gasteiger partial charge in [0.05, 0.1) is 25.0 Å². The lowest BCUT2D eigenvalue weighted by atomic mass is 9.76. The van der Waals surface area contributed by atoms with E-state index < -0.39 is 22.5 Å². The molecule has 1 atom stereocenters. The van der Waals surface area contributed by atoms with Gasteiger partial charge in [0.25, 0.3) is 0 Å². The summed E-state index contributed by atoms with van der Waals surface area (Å²) < 4.78 is 32.0. The highest BCUT2D eigenvalue weighted by Crippen LogP contribution is 2.39. The summed E-state index contributed by atoms with van der Waals surface area (Å²) in [6.07, 6.45) is 4.95. The van der Waals surface area contributed by atoms with Crippen LogP contribution in [-0.4, -0.2) is 65.2 Å². The molecule has 39 heavy (non-hydrogen) atoms. The molecule has 0 amide bonds. The molecule has 10 nitrogen and oxygen atoms in total. The number of aromatic nitrogens is 3. The van der Waals surface area contributed by atoms with Crippen molar-refractivity contribution in [2.75, 3.05) is 36.1 Å². The summed E-state index contributed by atoms with van der Waals surface area (Å²) in [5, 5.41) is 18.7. The van der Waals surface area contributed by atoms with E-state index in [2.05, 4.69) is 28.7 Å². The zero-order chi connectivity index (χ0) is 27.8. The molecule has 1 aliphatic heterocycles. The lowest BCUT2D eigenvalue weighted by molar-refractivity contribution is 0.0928. The van der Waals surface area contributed by atoms with Crippen LogP contribution < -0.4 is 15.4 Å². The SMILES string of the molecule is CC1(C)CCc2ncnc(N3CCOc4ccc(-c5cnc(N)c(S(=O)(=O)CCC(O)CO)c5)cc4C3)c2C1. The zero-order valence-corrected chi connectivity index (χ0v) is 23.1. The van der Waals surface area contributed by atoms with Crippen LogP contribution in [0.15, 0.2) is 41.7 Å². The van der Waals surface area contributed by atoms with Crippen LogP contribution in [0.25, 0.3) is 11.1 Å². The Morgan fingerprint density at radius 2 is 2.00 bits per heavy atom. The van der Waals surface area contributed by atoms with Gasteiger partial charge in [-0.25, -0.2) is 23.4 Å². The fourth-order valence-electron chi connectivity index (χ4n) is 5.24. The Hall–Kier alpha value is -3.28. The van der Waals surface area contributed by atoms with Crippen LogP contribution in [0.5, 0.6) is 5.75 Å². The Morgan fingerprint density at radius 1 is 1.18 bits per heavy atom. The maximum atomic E-state index is 12.9. The Bertz CT molecular complexity index is 1480. The van der Waals surface area contributed by atoms with Gasteiger partial charge >= 0.3 is 0 Å². The molecule has 5 rings (SSSR count). The van der Waals surface area contributed by atoms with Gasteiger partial charge in [-0.2, -0.15) is 0 Å². The molecule has 2 aliphatic rings. The maximum absolute atomic E-state index is 12.9. The van der Waals surface area contributed by atoms with E-state index in [4.69, 9.17) is 20.6 Å². The monoisotopic (exact) mass is 553 g/mol. The number of nitrogens with two attached hydrogens (primary N) is 1. The molecule has 1 aliphatic carbocycles. The van der Waals surface area contributed by atoms with Crippen molar-refractivity contribution in [1.82, 2.24) is 15.0 Å². The van der Waals surface area contributed by atoms with Crippen LogP contribution in [0, 0.1) is 5.41 Å². The minimum atomic E-state index is -3.82. The van der Waals surface area contributed by atoms with Crippen molar-refractivity contribution in [3.63, 3.8) is 0 Å². The number of pyridine rings is 1. The molecular weight excluding hydrogens is 518 g/mol. The highest BCUT2D eigenvalue weighted by molar-refractivity contribution is 7.91. The summed E-state index contributed by atoms with van der Waals surface area (Å²) in [6, 6.07) is 7.28. The summed E-state index contributed by atoms with van der Waals surface area (Å²) in [5.74, 6) is 1.27. The van der Waals surface area contributed by atoms with E-state index in [0.29, 0.717) is 25.3 Å². The highest BCUT2D eigenvalue weighted by atomic mass is 32.2. The Kier molecular flexibility index (Phi) is 7.49. The average Bonchev–Trinajstić information content (AvgIpc) is 3.13. The van der Waals surface area contributed by atoms with Gasteiger partial charge in [-0.3, -0.25) is 0 Å². The van der Waals surface area contributed by atoms with Crippen LogP contribution in [0.1, 0.15) is 43.5 Å². The lowest BCUT2D eigenvalue weighted by Gasteiger charge is -2.33. The number of sulfone groups is 1. The Labute approximate surface area is 228 Å². The number of fused-ring (bicyclic) bond motifs is 2. The topological polar surface area (TPSA) is 152 Å². The van der Waals surface area contributed by atoms with Gasteiger partial charge in [0.15, 0.2) is 9.84 Å². The quantitative estimate of drug-likeness (QED) is 0.398. The van der Waals surface area contributed by atoms with Crippen molar-refractivity contribution in [1.29, 1.82) is 0 Å². The number of anilines is 2. The first-order chi connectivity index (χ1) is 18.6. The number of hydrogen-bond donors (Lipinski definition) is 3. The molecule has 208 valence electrons. The molecule has 1 unspecified atom stereocenters. The van der Waals surface area contributed by atoms with Crippen LogP contribution in [0.4, 0.5) is 11.6 Å². The van der Waals surface area contributed by atoms with Crippen LogP contribution in [0.2, 0.25) is 0 Å². The summed E-state index contributed by atoms with van der Waals surface area (Å²) in [6.45, 7) is 5.83. The second-order valence-electron chi connectivity index (χ2n) is 11.1. The van der Waals surface area contributed by atoms with Crippen molar-refractivity contribution in [3.05, 3.63) is 53.6 Å². The summed E-state index contributed by atoms with van der Waals surface area (Å²) in [4.78, 5) is 15.6. The molecule has 3 heterocycles. The fourth-order valence-corrected chi connectivity index (χ4v) is 6.72. The van der Waals surface area contributed by atoms with Crippen molar-refractivity contribution >= 4 is 21.5 Å². The molecule has 11 heteroatoms. The van der Waals surface area contributed by atoms with Crippen molar-refractivity contribution < 1.29 is 23.4 Å². The number of rotatable bonds is 7. The zero-order valence-electron chi connectivity index (χ0n) is 22.3. The van der Waals surface area contributed by atoms with Crippen molar-refractivity contribution in [3.8, 4) is 16.9 Å². The maximum Gasteiger partial charge on any atom is 0.182 e. The van der Waals surface area contributed by atoms with Gasteiger partial charge in [-0.1, -0.05) is 19.9 Å². The van der Waals surface area contributed by atoms with Gasteiger partial charge in [-0.15, -0.1) is 0 Å². The summed E-state index contributed by atoms with van der Waals surface area (Å²) in [7, 11) is -3.82. The van der Waals surface area contributed by atoms with E-state index in [0.717, 1.165) is 47.7 Å². The van der Waals surface area contributed by atoms with Crippen LogP contribution >= 0.6 is 0 Å². The summed E-state index contributed by atoms with van der Waals surface area (Å²) >= 11 is 0. The number of hydrogen-bond acceptors (Lipinski definition) is 10. The molecule has 0 bridgehead atoms. The molecule has 4 N–H and O–H groups in total. The number of ether oxygens (including phenoxy) is 1. The second-order valence-corrected chi connectivity index (χ2v) is 13.2. The van der Waals surface area contributed by atoms with Crippen molar-refractivity contribution in [2.24, 2.45) is 5.41 Å². The third-order valence-corrected chi connectivity index (χ3v) is 9.30. The second kappa shape index (κ2) is 10.7. The molecule has 0 saturated carbocycles. The standard InChI is InChI=1S/C28H35N5O5S/c1-28(2)7-5-23-22(13-28)27(32-17-31-23)33-8-9-38-24-4-3-18(11-20(24)15-33)19-12-25(26(29)30-14-19)39(36,37)10-6-21(35)16-34/h3-4,11-12,14,17,21,34-35H,5-10,13,15-16H2,1-2H3,(H2,29,30). The first-order valence-corrected chi connectivity index (χ1v) is 14.8. The van der Waals surface area contributed by atoms with Gasteiger partial charge in [0.2, 0.25) is 0 Å². The molecule has 0 saturated heterocycles. The average molecular weight is 554 g/mol. The molecule has 0 spiro atoms. The number of aryl methyl sites for hydroxylation is 1. The Balaban J connectivity index is 1.46. The van der Waals surface area contributed by atoms with E-state index in [1.54, 1.807) is 12.5 Å². The van der Waals surface area contributed by atoms with Gasteiger partial charge in [0.1, 0.15) is 35.2 Å². The van der Waals surface area contributed by atoms with Gasteiger partial charge in [-0.05, 0) is 54.9 Å². The van der Waals surface area contributed by atoms with Crippen molar-refractivity contribution in [2.45, 2.75) is 57.1 Å². The van der Waals surface area contributed by atoms with E-state index in [-0.39, 0.29) is 28.3 Å². The number of aliphatic hydroxyl groups is 2. The highest BCUT2D eigenvalue weighted by Gasteiger charge is 2.31. The largest absolute Gasteiger partial charge is 0.491 e. The molecule has 1 aromatic carbocycles. The smallest absolute Gasteiger partial charge is 0.182 e. The molecule has 2 aromatic heterocycles.